The van der Waals surface area contributed by atoms with Crippen LogP contribution in [0.1, 0.15) is 28.5 Å². The van der Waals surface area contributed by atoms with Crippen LogP contribution in [0.15, 0.2) is 4.21 Å². The Morgan fingerprint density at radius 1 is 1.17 bits per heavy atom. The van der Waals surface area contributed by atoms with E-state index in [1.165, 1.54) is 23.1 Å². The second-order valence-corrected chi connectivity index (χ2v) is 8.52. The number of carbonyl (C=O) groups excluding carboxylic acids is 2. The van der Waals surface area contributed by atoms with Gasteiger partial charge in [0, 0.05) is 17.0 Å². The number of nitrogens with one attached hydrogen (secondary N) is 1. The number of amides is 2. The van der Waals surface area contributed by atoms with E-state index in [2.05, 4.69) is 25.4 Å². The highest BCUT2D eigenvalue weighted by atomic mass is 32.2. The second kappa shape index (κ2) is 8.18. The number of rotatable bonds is 6. The standard InChI is InChI=1S/C16H16F3N7O2S2/c1-6-9(8(3)26-14(21-6)24-13(25-26)16(17,18)19)4-11(28)23-15-22-7(2)12(30-15)29-5-10(20)27/h4-5H2,1-3H3,(H2,20,27)(H,22,23,28). The van der Waals surface area contributed by atoms with Crippen LogP contribution in [-0.2, 0) is 22.2 Å². The normalized spacial score (nSPS) is 11.8. The molecule has 160 valence electrons. The third kappa shape index (κ3) is 4.70. The third-order valence-corrected chi connectivity index (χ3v) is 6.44. The summed E-state index contributed by atoms with van der Waals surface area (Å²) >= 11 is 2.43. The monoisotopic (exact) mass is 459 g/mol. The van der Waals surface area contributed by atoms with Crippen molar-refractivity contribution in [3.05, 3.63) is 28.5 Å². The number of carbonyl (C=O) groups is 2. The molecule has 3 heterocycles. The Morgan fingerprint density at radius 3 is 2.50 bits per heavy atom. The van der Waals surface area contributed by atoms with Gasteiger partial charge in [-0.2, -0.15) is 18.2 Å². The van der Waals surface area contributed by atoms with Gasteiger partial charge in [0.05, 0.1) is 22.1 Å². The molecular formula is C16H16F3N7O2S2. The Morgan fingerprint density at radius 2 is 1.87 bits per heavy atom. The van der Waals surface area contributed by atoms with Crippen LogP contribution in [0.5, 0.6) is 0 Å². The molecule has 0 radical (unpaired) electrons. The van der Waals surface area contributed by atoms with Crippen molar-refractivity contribution < 1.29 is 22.8 Å². The highest BCUT2D eigenvalue weighted by Gasteiger charge is 2.37. The van der Waals surface area contributed by atoms with Crippen LogP contribution in [0.2, 0.25) is 0 Å². The summed E-state index contributed by atoms with van der Waals surface area (Å²) in [5, 5.41) is 6.46. The topological polar surface area (TPSA) is 128 Å². The number of aromatic nitrogens is 5. The maximum atomic E-state index is 12.9. The van der Waals surface area contributed by atoms with E-state index in [0.29, 0.717) is 27.8 Å². The number of thioether (sulfide) groups is 1. The van der Waals surface area contributed by atoms with Gasteiger partial charge < -0.3 is 11.1 Å². The van der Waals surface area contributed by atoms with Crippen LogP contribution in [0.3, 0.4) is 0 Å². The van der Waals surface area contributed by atoms with Gasteiger partial charge in [-0.1, -0.05) is 11.3 Å². The smallest absolute Gasteiger partial charge is 0.369 e. The molecule has 3 aromatic heterocycles. The van der Waals surface area contributed by atoms with E-state index >= 15 is 0 Å². The molecule has 30 heavy (non-hydrogen) atoms. The SMILES string of the molecule is Cc1nc(NC(=O)Cc2c(C)nc3nc(C(F)(F)F)nn3c2C)sc1SCC(N)=O. The molecule has 3 rings (SSSR count). The molecule has 3 aromatic rings. The molecule has 0 spiro atoms. The van der Waals surface area contributed by atoms with E-state index in [1.807, 2.05) is 0 Å². The molecule has 0 bridgehead atoms. The summed E-state index contributed by atoms with van der Waals surface area (Å²) in [5.74, 6) is -2.27. The van der Waals surface area contributed by atoms with Gasteiger partial charge in [0.25, 0.3) is 11.6 Å². The quantitative estimate of drug-likeness (QED) is 0.541. The molecule has 2 amide bonds. The molecule has 0 saturated heterocycles. The summed E-state index contributed by atoms with van der Waals surface area (Å²) in [6.45, 7) is 4.87. The van der Waals surface area contributed by atoms with Gasteiger partial charge in [-0.25, -0.2) is 14.5 Å². The molecule has 0 fully saturated rings. The number of alkyl halides is 3. The van der Waals surface area contributed by atoms with Gasteiger partial charge in [0.15, 0.2) is 5.13 Å². The first kappa shape index (κ1) is 22.0. The van der Waals surface area contributed by atoms with Gasteiger partial charge in [0.1, 0.15) is 0 Å². The summed E-state index contributed by atoms with van der Waals surface area (Å²) in [7, 11) is 0. The van der Waals surface area contributed by atoms with E-state index in [0.717, 1.165) is 8.72 Å². The number of primary amides is 1. The van der Waals surface area contributed by atoms with Crippen molar-refractivity contribution >= 4 is 45.8 Å². The number of hydrogen-bond acceptors (Lipinski definition) is 8. The number of anilines is 1. The zero-order valence-electron chi connectivity index (χ0n) is 16.0. The van der Waals surface area contributed by atoms with E-state index in [4.69, 9.17) is 5.73 Å². The Bertz CT molecular complexity index is 1140. The van der Waals surface area contributed by atoms with E-state index in [-0.39, 0.29) is 18.0 Å². The van der Waals surface area contributed by atoms with Crippen LogP contribution in [0.25, 0.3) is 5.78 Å². The van der Waals surface area contributed by atoms with Gasteiger partial charge in [-0.3, -0.25) is 9.59 Å². The Hall–Kier alpha value is -2.74. The molecule has 0 aromatic carbocycles. The van der Waals surface area contributed by atoms with Crippen molar-refractivity contribution in [2.75, 3.05) is 11.1 Å². The highest BCUT2D eigenvalue weighted by molar-refractivity contribution is 8.01. The number of hydrogen-bond donors (Lipinski definition) is 2. The lowest BCUT2D eigenvalue weighted by Crippen LogP contribution is -2.17. The maximum absolute atomic E-state index is 12.9. The van der Waals surface area contributed by atoms with E-state index < -0.39 is 23.8 Å². The van der Waals surface area contributed by atoms with Crippen molar-refractivity contribution in [2.45, 2.75) is 37.6 Å². The Kier molecular flexibility index (Phi) is 5.99. The van der Waals surface area contributed by atoms with Crippen molar-refractivity contribution in [1.82, 2.24) is 24.6 Å². The Labute approximate surface area is 176 Å². The summed E-state index contributed by atoms with van der Waals surface area (Å²) in [5.41, 5.74) is 6.94. The molecule has 0 aliphatic rings. The fraction of sp³-hybridized carbons (Fsp3) is 0.375. The summed E-state index contributed by atoms with van der Waals surface area (Å²) in [6.07, 6.45) is -4.83. The van der Waals surface area contributed by atoms with Crippen molar-refractivity contribution in [1.29, 1.82) is 0 Å². The molecule has 0 aliphatic carbocycles. The molecule has 0 atom stereocenters. The lowest BCUT2D eigenvalue weighted by molar-refractivity contribution is -0.144. The minimum atomic E-state index is -4.70. The van der Waals surface area contributed by atoms with Crippen molar-refractivity contribution in [2.24, 2.45) is 5.73 Å². The van der Waals surface area contributed by atoms with Gasteiger partial charge in [0.2, 0.25) is 11.8 Å². The molecule has 14 heteroatoms. The number of aryl methyl sites for hydroxylation is 3. The number of fused-ring (bicyclic) bond motifs is 1. The van der Waals surface area contributed by atoms with Crippen LogP contribution >= 0.6 is 23.1 Å². The average Bonchev–Trinajstić information content (AvgIpc) is 3.20. The molecular weight excluding hydrogens is 443 g/mol. The van der Waals surface area contributed by atoms with Gasteiger partial charge in [-0.15, -0.1) is 16.9 Å². The first-order valence-electron chi connectivity index (χ1n) is 8.44. The summed E-state index contributed by atoms with van der Waals surface area (Å²) < 4.78 is 40.4. The lowest BCUT2D eigenvalue weighted by atomic mass is 10.1. The predicted octanol–water partition coefficient (Wildman–Crippen LogP) is 2.28. The molecule has 3 N–H and O–H groups in total. The van der Waals surface area contributed by atoms with Crippen molar-refractivity contribution in [3.8, 4) is 0 Å². The molecule has 0 aliphatic heterocycles. The van der Waals surface area contributed by atoms with Crippen LogP contribution in [-0.4, -0.2) is 42.1 Å². The highest BCUT2D eigenvalue weighted by Crippen LogP contribution is 2.32. The summed E-state index contributed by atoms with van der Waals surface area (Å²) in [6, 6.07) is 0. The van der Waals surface area contributed by atoms with E-state index in [1.54, 1.807) is 20.8 Å². The average molecular weight is 459 g/mol. The second-order valence-electron chi connectivity index (χ2n) is 6.28. The lowest BCUT2D eigenvalue weighted by Gasteiger charge is -2.09. The largest absolute Gasteiger partial charge is 0.453 e. The number of nitrogens with zero attached hydrogens (tertiary/aromatic N) is 5. The fourth-order valence-electron chi connectivity index (χ4n) is 2.61. The first-order valence-corrected chi connectivity index (χ1v) is 10.2. The van der Waals surface area contributed by atoms with Gasteiger partial charge in [-0.05, 0) is 20.8 Å². The third-order valence-electron chi connectivity index (χ3n) is 3.99. The van der Waals surface area contributed by atoms with Gasteiger partial charge >= 0.3 is 6.18 Å². The van der Waals surface area contributed by atoms with Crippen molar-refractivity contribution in [3.63, 3.8) is 0 Å². The minimum Gasteiger partial charge on any atom is -0.369 e. The van der Waals surface area contributed by atoms with E-state index in [9.17, 15) is 22.8 Å². The minimum absolute atomic E-state index is 0.0955. The molecule has 0 unspecified atom stereocenters. The van der Waals surface area contributed by atoms with Crippen LogP contribution < -0.4 is 11.1 Å². The zero-order chi connectivity index (χ0) is 22.2. The fourth-order valence-corrected chi connectivity index (χ4v) is 4.51. The summed E-state index contributed by atoms with van der Waals surface area (Å²) in [4.78, 5) is 35.1. The first-order chi connectivity index (χ1) is 14.0. The van der Waals surface area contributed by atoms with Crippen LogP contribution in [0, 0.1) is 20.8 Å². The zero-order valence-corrected chi connectivity index (χ0v) is 17.6. The van der Waals surface area contributed by atoms with Crippen LogP contribution in [0.4, 0.5) is 18.3 Å². The Balaban J connectivity index is 1.80. The molecule has 0 saturated carbocycles. The number of halogens is 3. The molecule has 9 nitrogen and oxygen atoms in total. The number of thiazole rings is 1. The number of nitrogens with two attached hydrogens (primary N) is 1. The predicted molar refractivity (Wildman–Crippen MR) is 104 cm³/mol. The maximum Gasteiger partial charge on any atom is 0.453 e.